The molecule has 0 unspecified atom stereocenters. The molecule has 10 heavy (non-hydrogen) atoms. The molecule has 4 heteroatoms. The van der Waals surface area contributed by atoms with E-state index in [9.17, 15) is 9.90 Å². The van der Waals surface area contributed by atoms with Crippen LogP contribution in [0.2, 0.25) is 0 Å². The van der Waals surface area contributed by atoms with Gasteiger partial charge in [-0.15, -0.1) is 5.76 Å². The fourth-order valence-corrected chi connectivity index (χ4v) is 0.350. The molecule has 0 aromatic rings. The number of allylic oxidation sites excluding steroid dienone is 1. The van der Waals surface area contributed by atoms with Gasteiger partial charge in [0.05, 0.1) is 6.61 Å². The van der Waals surface area contributed by atoms with Crippen molar-refractivity contribution in [2.24, 2.45) is 0 Å². The number of hydrogen-bond donors (Lipinski definition) is 0. The Kier molecular flexibility index (Phi) is 10.3. The molecule has 0 rings (SSSR count). The molecule has 3 nitrogen and oxygen atoms in total. The topological polar surface area (TPSA) is 49.4 Å². The molecule has 0 N–H and O–H groups in total. The van der Waals surface area contributed by atoms with Crippen molar-refractivity contribution in [2.75, 3.05) is 6.61 Å². The Hall–Kier alpha value is 0.646. The van der Waals surface area contributed by atoms with Gasteiger partial charge in [0, 0.05) is 6.08 Å². The standard InChI is InChI=1S/C6H10O3.K/c1-3-9-6(8)4-5(2)7;/h4,7H,3H2,1-2H3;/q;+1/p-1/b5-4-;. The van der Waals surface area contributed by atoms with Crippen molar-refractivity contribution in [3.63, 3.8) is 0 Å². The number of carbonyl (C=O) groups excluding carboxylic acids is 1. The molecule has 0 heterocycles. The molecule has 0 amide bonds. The first-order valence-electron chi connectivity index (χ1n) is 2.69. The minimum Gasteiger partial charge on any atom is -0.875 e. The summed E-state index contributed by atoms with van der Waals surface area (Å²) in [5, 5.41) is 10.2. The van der Waals surface area contributed by atoms with Crippen LogP contribution in [0.5, 0.6) is 0 Å². The number of esters is 1. The van der Waals surface area contributed by atoms with Crippen molar-refractivity contribution in [1.29, 1.82) is 0 Å². The Bertz CT molecular complexity index is 127. The number of hydrogen-bond acceptors (Lipinski definition) is 3. The molecular weight excluding hydrogens is 159 g/mol. The second-order valence-electron chi connectivity index (χ2n) is 1.51. The second kappa shape index (κ2) is 7.75. The van der Waals surface area contributed by atoms with Gasteiger partial charge in [-0.1, -0.05) is 6.92 Å². The van der Waals surface area contributed by atoms with Gasteiger partial charge in [-0.2, -0.15) is 0 Å². The Morgan fingerprint density at radius 2 is 2.20 bits per heavy atom. The summed E-state index contributed by atoms with van der Waals surface area (Å²) in [4.78, 5) is 10.4. The summed E-state index contributed by atoms with van der Waals surface area (Å²) in [7, 11) is 0. The summed E-state index contributed by atoms with van der Waals surface area (Å²) in [5.41, 5.74) is 0. The van der Waals surface area contributed by atoms with Crippen LogP contribution in [0.1, 0.15) is 13.8 Å². The first-order chi connectivity index (χ1) is 4.16. The quantitative estimate of drug-likeness (QED) is 0.189. The van der Waals surface area contributed by atoms with E-state index in [0.717, 1.165) is 6.08 Å². The van der Waals surface area contributed by atoms with E-state index in [1.807, 2.05) is 0 Å². The first-order valence-corrected chi connectivity index (χ1v) is 2.69. The Morgan fingerprint density at radius 3 is 2.50 bits per heavy atom. The summed E-state index contributed by atoms with van der Waals surface area (Å²) >= 11 is 0. The van der Waals surface area contributed by atoms with Gasteiger partial charge < -0.3 is 9.84 Å². The fourth-order valence-electron chi connectivity index (χ4n) is 0.350. The molecule has 0 saturated carbocycles. The molecule has 0 fully saturated rings. The van der Waals surface area contributed by atoms with E-state index in [-0.39, 0.29) is 57.1 Å². The molecule has 0 radical (unpaired) electrons. The summed E-state index contributed by atoms with van der Waals surface area (Å²) in [6, 6.07) is 0. The number of carbonyl (C=O) groups is 1. The van der Waals surface area contributed by atoms with Crippen LogP contribution < -0.4 is 56.5 Å². The maximum Gasteiger partial charge on any atom is 1.00 e. The van der Waals surface area contributed by atoms with E-state index in [4.69, 9.17) is 0 Å². The van der Waals surface area contributed by atoms with Crippen molar-refractivity contribution >= 4 is 5.97 Å². The van der Waals surface area contributed by atoms with Crippen molar-refractivity contribution in [3.8, 4) is 0 Å². The monoisotopic (exact) mass is 168 g/mol. The molecule has 0 aliphatic carbocycles. The normalized spacial score (nSPS) is 10.0. The van der Waals surface area contributed by atoms with Crippen molar-refractivity contribution in [3.05, 3.63) is 11.8 Å². The van der Waals surface area contributed by atoms with Gasteiger partial charge in [0.2, 0.25) is 0 Å². The van der Waals surface area contributed by atoms with E-state index < -0.39 is 5.97 Å². The zero-order chi connectivity index (χ0) is 7.28. The van der Waals surface area contributed by atoms with Crippen LogP contribution in [-0.4, -0.2) is 12.6 Å². The zero-order valence-electron chi connectivity index (χ0n) is 6.51. The fraction of sp³-hybridized carbons (Fsp3) is 0.500. The number of ether oxygens (including phenoxy) is 1. The van der Waals surface area contributed by atoms with Crippen LogP contribution in [0.4, 0.5) is 0 Å². The van der Waals surface area contributed by atoms with E-state index in [0.29, 0.717) is 6.61 Å². The second-order valence-corrected chi connectivity index (χ2v) is 1.51. The van der Waals surface area contributed by atoms with E-state index in [1.165, 1.54) is 6.92 Å². The minimum absolute atomic E-state index is 0. The zero-order valence-corrected chi connectivity index (χ0v) is 9.63. The third-order valence-electron chi connectivity index (χ3n) is 0.608. The molecule has 0 spiro atoms. The van der Waals surface area contributed by atoms with Crippen LogP contribution in [0, 0.1) is 0 Å². The van der Waals surface area contributed by atoms with Gasteiger partial charge >= 0.3 is 57.4 Å². The molecule has 0 aromatic heterocycles. The molecule has 0 bridgehead atoms. The van der Waals surface area contributed by atoms with Gasteiger partial charge in [-0.25, -0.2) is 4.79 Å². The van der Waals surface area contributed by atoms with Gasteiger partial charge in [-0.05, 0) is 6.92 Å². The Morgan fingerprint density at radius 1 is 1.70 bits per heavy atom. The maximum absolute atomic E-state index is 10.4. The summed E-state index contributed by atoms with van der Waals surface area (Å²) < 4.78 is 4.44. The SMILES string of the molecule is CCOC(=O)/C=C(/C)[O-].[K+]. The van der Waals surface area contributed by atoms with Gasteiger partial charge in [0.1, 0.15) is 0 Å². The molecule has 0 saturated heterocycles. The van der Waals surface area contributed by atoms with Gasteiger partial charge in [0.25, 0.3) is 0 Å². The Balaban J connectivity index is 0. The average Bonchev–Trinajstić information content (AvgIpc) is 1.63. The summed E-state index contributed by atoms with van der Waals surface area (Å²) in [5.74, 6) is -0.849. The van der Waals surface area contributed by atoms with Gasteiger partial charge in [0.15, 0.2) is 0 Å². The molecular formula is C6H9KO3. The van der Waals surface area contributed by atoms with Crippen LogP contribution >= 0.6 is 0 Å². The molecule has 0 aliphatic heterocycles. The summed E-state index contributed by atoms with van der Waals surface area (Å²) in [6.45, 7) is 3.30. The third kappa shape index (κ3) is 8.65. The first kappa shape index (κ1) is 13.3. The van der Waals surface area contributed by atoms with Crippen LogP contribution in [0.25, 0.3) is 0 Å². The van der Waals surface area contributed by atoms with Crippen LogP contribution in [0.15, 0.2) is 11.8 Å². The van der Waals surface area contributed by atoms with E-state index >= 15 is 0 Å². The van der Waals surface area contributed by atoms with Gasteiger partial charge in [-0.3, -0.25) is 0 Å². The molecule has 52 valence electrons. The summed E-state index contributed by atoms with van der Waals surface area (Å²) in [6.07, 6.45) is 0.920. The molecule has 0 atom stereocenters. The third-order valence-corrected chi connectivity index (χ3v) is 0.608. The maximum atomic E-state index is 10.4. The number of rotatable bonds is 2. The molecule has 0 aromatic carbocycles. The van der Waals surface area contributed by atoms with Crippen molar-refractivity contribution in [1.82, 2.24) is 0 Å². The van der Waals surface area contributed by atoms with E-state index in [2.05, 4.69) is 4.74 Å². The minimum atomic E-state index is -0.565. The van der Waals surface area contributed by atoms with Crippen LogP contribution in [0.3, 0.4) is 0 Å². The van der Waals surface area contributed by atoms with Crippen LogP contribution in [-0.2, 0) is 9.53 Å². The Labute approximate surface area is 103 Å². The van der Waals surface area contributed by atoms with Crippen molar-refractivity contribution < 1.29 is 66.0 Å². The average molecular weight is 168 g/mol. The predicted octanol–water partition coefficient (Wildman–Crippen LogP) is -3.18. The predicted molar refractivity (Wildman–Crippen MR) is 30.4 cm³/mol. The molecule has 0 aliphatic rings. The van der Waals surface area contributed by atoms with E-state index in [1.54, 1.807) is 6.92 Å². The smallest absolute Gasteiger partial charge is 0.875 e. The largest absolute Gasteiger partial charge is 1.00 e. The van der Waals surface area contributed by atoms with Crippen molar-refractivity contribution in [2.45, 2.75) is 13.8 Å².